The van der Waals surface area contributed by atoms with Gasteiger partial charge >= 0.3 is 0 Å². The highest BCUT2D eigenvalue weighted by atomic mass is 35.5. The topological polar surface area (TPSA) is 51.0 Å². The Hall–Kier alpha value is -1.39. The summed E-state index contributed by atoms with van der Waals surface area (Å²) in [4.78, 5) is 4.55. The Labute approximate surface area is 123 Å². The molecule has 1 aromatic carbocycles. The number of rotatable bonds is 2. The summed E-state index contributed by atoms with van der Waals surface area (Å²) in [6.07, 6.45) is 4.75. The van der Waals surface area contributed by atoms with E-state index >= 15 is 0 Å². The largest absolute Gasteiger partial charge is 0.334 e. The van der Waals surface area contributed by atoms with Crippen molar-refractivity contribution in [3.05, 3.63) is 34.6 Å². The highest BCUT2D eigenvalue weighted by Gasteiger charge is 2.20. The molecule has 106 valence electrons. The molecule has 4 nitrogen and oxygen atoms in total. The Morgan fingerprint density at radius 2 is 2.20 bits per heavy atom. The van der Waals surface area contributed by atoms with Crippen LogP contribution in [-0.4, -0.2) is 16.7 Å². The van der Waals surface area contributed by atoms with E-state index in [-0.39, 0.29) is 6.04 Å². The zero-order valence-corrected chi connectivity index (χ0v) is 12.3. The maximum absolute atomic E-state index is 6.14. The van der Waals surface area contributed by atoms with Crippen LogP contribution in [0, 0.1) is 6.92 Å². The van der Waals surface area contributed by atoms with Crippen molar-refractivity contribution in [3.8, 4) is 11.5 Å². The Kier molecular flexibility index (Phi) is 4.03. The summed E-state index contributed by atoms with van der Waals surface area (Å²) < 4.78 is 5.42. The normalized spacial score (nSPS) is 19.8. The van der Waals surface area contributed by atoms with E-state index in [0.29, 0.717) is 5.89 Å². The van der Waals surface area contributed by atoms with Crippen molar-refractivity contribution in [2.45, 2.75) is 38.6 Å². The fourth-order valence-electron chi connectivity index (χ4n) is 2.57. The average molecular weight is 292 g/mol. The molecule has 5 heteroatoms. The summed E-state index contributed by atoms with van der Waals surface area (Å²) in [5.41, 5.74) is 1.88. The molecule has 0 bridgehead atoms. The molecule has 0 spiro atoms. The third-order valence-corrected chi connectivity index (χ3v) is 4.22. The summed E-state index contributed by atoms with van der Waals surface area (Å²) in [5.74, 6) is 1.30. The van der Waals surface area contributed by atoms with E-state index in [9.17, 15) is 0 Å². The maximum Gasteiger partial charge on any atom is 0.258 e. The van der Waals surface area contributed by atoms with Crippen LogP contribution in [0.25, 0.3) is 11.5 Å². The summed E-state index contributed by atoms with van der Waals surface area (Å²) in [7, 11) is 0. The van der Waals surface area contributed by atoms with E-state index in [0.717, 1.165) is 34.9 Å². The molecule has 1 atom stereocenters. The van der Waals surface area contributed by atoms with Crippen LogP contribution < -0.4 is 5.32 Å². The van der Waals surface area contributed by atoms with E-state index in [1.54, 1.807) is 0 Å². The van der Waals surface area contributed by atoms with Gasteiger partial charge in [0, 0.05) is 10.6 Å². The lowest BCUT2D eigenvalue weighted by Crippen LogP contribution is -2.21. The number of halogens is 1. The van der Waals surface area contributed by atoms with Gasteiger partial charge in [-0.05, 0) is 44.0 Å². The highest BCUT2D eigenvalue weighted by molar-refractivity contribution is 6.31. The Bertz CT molecular complexity index is 589. The molecule has 1 aliphatic rings. The molecule has 1 aliphatic heterocycles. The predicted molar refractivity (Wildman–Crippen MR) is 78.7 cm³/mol. The van der Waals surface area contributed by atoms with Crippen LogP contribution >= 0.6 is 11.6 Å². The smallest absolute Gasteiger partial charge is 0.258 e. The fraction of sp³-hybridized carbons (Fsp3) is 0.467. The summed E-state index contributed by atoms with van der Waals surface area (Å²) in [5, 5.41) is 8.33. The Morgan fingerprint density at radius 1 is 1.30 bits per heavy atom. The minimum absolute atomic E-state index is 0.203. The van der Waals surface area contributed by atoms with Gasteiger partial charge in [0.05, 0.1) is 6.04 Å². The second kappa shape index (κ2) is 5.94. The number of aromatic nitrogens is 2. The quantitative estimate of drug-likeness (QED) is 0.911. The third-order valence-electron chi connectivity index (χ3n) is 3.81. The van der Waals surface area contributed by atoms with Gasteiger partial charge in [-0.2, -0.15) is 4.98 Å². The molecule has 1 unspecified atom stereocenters. The van der Waals surface area contributed by atoms with Gasteiger partial charge in [0.1, 0.15) is 0 Å². The summed E-state index contributed by atoms with van der Waals surface area (Å²) in [6, 6.07) is 5.93. The molecule has 1 aromatic heterocycles. The van der Waals surface area contributed by atoms with Crippen molar-refractivity contribution in [2.75, 3.05) is 6.54 Å². The van der Waals surface area contributed by atoms with Crippen LogP contribution in [0.1, 0.15) is 43.1 Å². The van der Waals surface area contributed by atoms with Crippen molar-refractivity contribution < 1.29 is 4.52 Å². The number of hydrogen-bond acceptors (Lipinski definition) is 4. The van der Waals surface area contributed by atoms with Crippen LogP contribution in [0.3, 0.4) is 0 Å². The zero-order valence-electron chi connectivity index (χ0n) is 11.5. The van der Waals surface area contributed by atoms with Gasteiger partial charge in [0.25, 0.3) is 5.89 Å². The van der Waals surface area contributed by atoms with Crippen molar-refractivity contribution in [1.29, 1.82) is 0 Å². The molecule has 0 aliphatic carbocycles. The Balaban J connectivity index is 1.87. The van der Waals surface area contributed by atoms with Gasteiger partial charge in [-0.3, -0.25) is 0 Å². The van der Waals surface area contributed by atoms with Gasteiger partial charge < -0.3 is 9.84 Å². The van der Waals surface area contributed by atoms with E-state index in [1.165, 1.54) is 19.3 Å². The average Bonchev–Trinajstić information content (AvgIpc) is 2.77. The molecular weight excluding hydrogens is 274 g/mol. The number of hydrogen-bond donors (Lipinski definition) is 1. The molecule has 20 heavy (non-hydrogen) atoms. The molecule has 2 heterocycles. The number of nitrogens with zero attached hydrogens (tertiary/aromatic N) is 2. The van der Waals surface area contributed by atoms with Crippen molar-refractivity contribution >= 4 is 11.6 Å². The minimum Gasteiger partial charge on any atom is -0.334 e. The van der Waals surface area contributed by atoms with Crippen molar-refractivity contribution in [1.82, 2.24) is 15.5 Å². The monoisotopic (exact) mass is 291 g/mol. The lowest BCUT2D eigenvalue weighted by molar-refractivity contribution is 0.402. The highest BCUT2D eigenvalue weighted by Crippen LogP contribution is 2.28. The van der Waals surface area contributed by atoms with E-state index < -0.39 is 0 Å². The first-order valence-corrected chi connectivity index (χ1v) is 7.46. The van der Waals surface area contributed by atoms with Crippen LogP contribution in [0.2, 0.25) is 5.02 Å². The van der Waals surface area contributed by atoms with Crippen LogP contribution in [0.5, 0.6) is 0 Å². The zero-order chi connectivity index (χ0) is 13.9. The molecule has 2 aromatic rings. The van der Waals surface area contributed by atoms with Gasteiger partial charge in [-0.1, -0.05) is 35.7 Å². The molecular formula is C15H18ClN3O. The molecule has 3 rings (SSSR count). The molecule has 0 radical (unpaired) electrons. The molecule has 1 N–H and O–H groups in total. The first-order valence-electron chi connectivity index (χ1n) is 7.08. The van der Waals surface area contributed by atoms with E-state index in [1.807, 2.05) is 25.1 Å². The van der Waals surface area contributed by atoms with Gasteiger partial charge in [0.15, 0.2) is 5.82 Å². The number of nitrogens with one attached hydrogen (secondary N) is 1. The summed E-state index contributed by atoms with van der Waals surface area (Å²) >= 11 is 6.14. The minimum atomic E-state index is 0.203. The van der Waals surface area contributed by atoms with Gasteiger partial charge in [-0.15, -0.1) is 0 Å². The van der Waals surface area contributed by atoms with Crippen LogP contribution in [-0.2, 0) is 0 Å². The van der Waals surface area contributed by atoms with E-state index in [4.69, 9.17) is 16.1 Å². The van der Waals surface area contributed by atoms with E-state index in [2.05, 4.69) is 15.5 Å². The van der Waals surface area contributed by atoms with Crippen LogP contribution in [0.15, 0.2) is 22.7 Å². The van der Waals surface area contributed by atoms with Gasteiger partial charge in [-0.25, -0.2) is 0 Å². The standard InChI is InChI=1S/C15H18ClN3O/c1-10-11(6-5-7-12(10)16)15-18-14(19-20-15)13-8-3-2-4-9-17-13/h5-7,13,17H,2-4,8-9H2,1H3. The second-order valence-electron chi connectivity index (χ2n) is 5.23. The lowest BCUT2D eigenvalue weighted by Gasteiger charge is -2.10. The third kappa shape index (κ3) is 2.72. The lowest BCUT2D eigenvalue weighted by atomic mass is 10.1. The molecule has 0 amide bonds. The second-order valence-corrected chi connectivity index (χ2v) is 5.63. The fourth-order valence-corrected chi connectivity index (χ4v) is 2.75. The maximum atomic E-state index is 6.14. The van der Waals surface area contributed by atoms with Crippen molar-refractivity contribution in [2.24, 2.45) is 0 Å². The van der Waals surface area contributed by atoms with Crippen LogP contribution in [0.4, 0.5) is 0 Å². The first-order chi connectivity index (χ1) is 9.75. The van der Waals surface area contributed by atoms with Gasteiger partial charge in [0.2, 0.25) is 0 Å². The molecule has 1 saturated heterocycles. The molecule has 1 fully saturated rings. The SMILES string of the molecule is Cc1c(Cl)cccc1-c1nc(C2CCCCCN2)no1. The Morgan fingerprint density at radius 3 is 3.10 bits per heavy atom. The molecule has 0 saturated carbocycles. The summed E-state index contributed by atoms with van der Waals surface area (Å²) in [6.45, 7) is 2.98. The predicted octanol–water partition coefficient (Wildman–Crippen LogP) is 3.90. The first kappa shape index (κ1) is 13.6. The number of benzene rings is 1. The van der Waals surface area contributed by atoms with Crippen molar-refractivity contribution in [3.63, 3.8) is 0 Å².